The standard InChI is InChI=1S/C21H32N4O/c22-20-18-7-6-17(14-18)19(20)21(26)23-8-9-24-10-12-25(13-11-24)15-16-4-2-1-3-5-16/h1-5,17-20H,6-15,22H2,(H,23,26). The molecule has 0 radical (unpaired) electrons. The number of nitrogens with two attached hydrogens (primary N) is 1. The predicted octanol–water partition coefficient (Wildman–Crippen LogP) is 1.29. The maximum atomic E-state index is 12.5. The summed E-state index contributed by atoms with van der Waals surface area (Å²) in [6, 6.07) is 10.8. The fourth-order valence-corrected chi connectivity index (χ4v) is 5.19. The molecule has 2 bridgehead atoms. The van der Waals surface area contributed by atoms with Crippen molar-refractivity contribution >= 4 is 5.91 Å². The third-order valence-electron chi connectivity index (χ3n) is 6.72. The van der Waals surface area contributed by atoms with Crippen molar-refractivity contribution in [3.8, 4) is 0 Å². The van der Waals surface area contributed by atoms with Crippen LogP contribution in [0.1, 0.15) is 24.8 Å². The summed E-state index contributed by atoms with van der Waals surface area (Å²) in [7, 11) is 0. The molecule has 4 rings (SSSR count). The first kappa shape index (κ1) is 18.0. The molecule has 0 spiro atoms. The van der Waals surface area contributed by atoms with Gasteiger partial charge < -0.3 is 11.1 Å². The van der Waals surface area contributed by atoms with E-state index in [1.165, 1.54) is 24.8 Å². The largest absolute Gasteiger partial charge is 0.355 e. The first-order valence-electron chi connectivity index (χ1n) is 10.2. The van der Waals surface area contributed by atoms with Crippen LogP contribution in [0.15, 0.2) is 30.3 Å². The van der Waals surface area contributed by atoms with Crippen LogP contribution in [0.5, 0.6) is 0 Å². The minimum Gasteiger partial charge on any atom is -0.355 e. The molecule has 2 aliphatic carbocycles. The number of fused-ring (bicyclic) bond motifs is 2. The van der Waals surface area contributed by atoms with Gasteiger partial charge in [0, 0.05) is 51.9 Å². The molecule has 1 aliphatic heterocycles. The number of amides is 1. The van der Waals surface area contributed by atoms with Crippen LogP contribution in [-0.2, 0) is 11.3 Å². The number of nitrogens with one attached hydrogen (secondary N) is 1. The van der Waals surface area contributed by atoms with Crippen molar-refractivity contribution in [1.29, 1.82) is 0 Å². The Hall–Kier alpha value is -1.43. The summed E-state index contributed by atoms with van der Waals surface area (Å²) in [5.74, 6) is 1.40. The lowest BCUT2D eigenvalue weighted by atomic mass is 9.84. The van der Waals surface area contributed by atoms with E-state index in [1.807, 2.05) is 0 Å². The smallest absolute Gasteiger partial charge is 0.225 e. The van der Waals surface area contributed by atoms with Gasteiger partial charge >= 0.3 is 0 Å². The molecule has 1 aromatic carbocycles. The Balaban J connectivity index is 1.15. The van der Waals surface area contributed by atoms with Gasteiger partial charge in [-0.3, -0.25) is 14.6 Å². The van der Waals surface area contributed by atoms with Crippen molar-refractivity contribution in [3.05, 3.63) is 35.9 Å². The molecule has 1 amide bonds. The molecule has 1 aromatic rings. The summed E-state index contributed by atoms with van der Waals surface area (Å²) in [4.78, 5) is 17.5. The van der Waals surface area contributed by atoms with Crippen LogP contribution in [0, 0.1) is 17.8 Å². The third-order valence-corrected chi connectivity index (χ3v) is 6.72. The molecule has 0 aromatic heterocycles. The molecular weight excluding hydrogens is 324 g/mol. The number of piperazine rings is 1. The lowest BCUT2D eigenvalue weighted by Gasteiger charge is -2.35. The van der Waals surface area contributed by atoms with Crippen LogP contribution >= 0.6 is 0 Å². The number of nitrogens with zero attached hydrogens (tertiary/aromatic N) is 2. The Morgan fingerprint density at radius 3 is 2.42 bits per heavy atom. The van der Waals surface area contributed by atoms with E-state index in [2.05, 4.69) is 45.4 Å². The molecule has 142 valence electrons. The molecule has 4 atom stereocenters. The lowest BCUT2D eigenvalue weighted by Crippen LogP contribution is -2.50. The van der Waals surface area contributed by atoms with Gasteiger partial charge in [0.15, 0.2) is 0 Å². The van der Waals surface area contributed by atoms with Crippen LogP contribution < -0.4 is 11.1 Å². The van der Waals surface area contributed by atoms with Gasteiger partial charge in [-0.15, -0.1) is 0 Å². The lowest BCUT2D eigenvalue weighted by molar-refractivity contribution is -0.127. The molecule has 26 heavy (non-hydrogen) atoms. The van der Waals surface area contributed by atoms with Crippen molar-refractivity contribution in [2.75, 3.05) is 39.3 Å². The van der Waals surface area contributed by atoms with Crippen molar-refractivity contribution in [1.82, 2.24) is 15.1 Å². The molecule has 3 N–H and O–H groups in total. The van der Waals surface area contributed by atoms with Gasteiger partial charge in [0.05, 0.1) is 5.92 Å². The van der Waals surface area contributed by atoms with E-state index in [9.17, 15) is 4.79 Å². The molecule has 5 heteroatoms. The van der Waals surface area contributed by atoms with Crippen LogP contribution in [0.4, 0.5) is 0 Å². The summed E-state index contributed by atoms with van der Waals surface area (Å²) in [6.07, 6.45) is 3.59. The van der Waals surface area contributed by atoms with Crippen molar-refractivity contribution in [2.45, 2.75) is 31.8 Å². The number of benzene rings is 1. The van der Waals surface area contributed by atoms with Gasteiger partial charge in [-0.1, -0.05) is 30.3 Å². The number of rotatable bonds is 6. The van der Waals surface area contributed by atoms with Gasteiger partial charge in [-0.2, -0.15) is 0 Å². The molecule has 2 saturated carbocycles. The second kappa shape index (κ2) is 8.07. The third kappa shape index (κ3) is 3.95. The van der Waals surface area contributed by atoms with Gasteiger partial charge in [-0.05, 0) is 36.7 Å². The molecule has 4 unspecified atom stereocenters. The average Bonchev–Trinajstić information content (AvgIpc) is 3.25. The Bertz CT molecular complexity index is 597. The minimum absolute atomic E-state index is 0.0662. The van der Waals surface area contributed by atoms with E-state index in [0.29, 0.717) is 11.8 Å². The monoisotopic (exact) mass is 356 g/mol. The predicted molar refractivity (Wildman–Crippen MR) is 103 cm³/mol. The van der Waals surface area contributed by atoms with Gasteiger partial charge in [0.25, 0.3) is 0 Å². The number of hydrogen-bond donors (Lipinski definition) is 2. The Morgan fingerprint density at radius 1 is 1.04 bits per heavy atom. The zero-order valence-electron chi connectivity index (χ0n) is 15.6. The topological polar surface area (TPSA) is 61.6 Å². The molecule has 5 nitrogen and oxygen atoms in total. The Morgan fingerprint density at radius 2 is 1.73 bits per heavy atom. The SMILES string of the molecule is NC1C2CCC(C2)C1C(=O)NCCN1CCN(Cc2ccccc2)CC1. The van der Waals surface area contributed by atoms with E-state index in [1.54, 1.807) is 0 Å². The second-order valence-corrected chi connectivity index (χ2v) is 8.33. The number of carbonyl (C=O) groups is 1. The van der Waals surface area contributed by atoms with Gasteiger partial charge in [0.1, 0.15) is 0 Å². The summed E-state index contributed by atoms with van der Waals surface area (Å²) in [5.41, 5.74) is 7.67. The summed E-state index contributed by atoms with van der Waals surface area (Å²) < 4.78 is 0. The molecular formula is C21H32N4O. The van der Waals surface area contributed by atoms with Crippen molar-refractivity contribution in [3.63, 3.8) is 0 Å². The van der Waals surface area contributed by atoms with Crippen molar-refractivity contribution in [2.24, 2.45) is 23.5 Å². The van der Waals surface area contributed by atoms with Crippen LogP contribution in [-0.4, -0.2) is 61.0 Å². The molecule has 3 aliphatic rings. The average molecular weight is 357 g/mol. The van der Waals surface area contributed by atoms with Gasteiger partial charge in [0.2, 0.25) is 5.91 Å². The summed E-state index contributed by atoms with van der Waals surface area (Å²) in [6.45, 7) is 7.08. The second-order valence-electron chi connectivity index (χ2n) is 8.33. The Kier molecular flexibility index (Phi) is 5.57. The highest BCUT2D eigenvalue weighted by Crippen LogP contribution is 2.47. The normalized spacial score (nSPS) is 32.0. The van der Waals surface area contributed by atoms with Crippen LogP contribution in [0.2, 0.25) is 0 Å². The van der Waals surface area contributed by atoms with Crippen LogP contribution in [0.3, 0.4) is 0 Å². The maximum Gasteiger partial charge on any atom is 0.225 e. The van der Waals surface area contributed by atoms with E-state index in [0.717, 1.165) is 45.8 Å². The fraction of sp³-hybridized carbons (Fsp3) is 0.667. The van der Waals surface area contributed by atoms with E-state index in [-0.39, 0.29) is 17.9 Å². The van der Waals surface area contributed by atoms with Gasteiger partial charge in [-0.25, -0.2) is 0 Å². The molecule has 1 saturated heterocycles. The quantitative estimate of drug-likeness (QED) is 0.806. The molecule has 1 heterocycles. The number of carbonyl (C=O) groups excluding carboxylic acids is 1. The van der Waals surface area contributed by atoms with E-state index >= 15 is 0 Å². The number of hydrogen-bond acceptors (Lipinski definition) is 4. The maximum absolute atomic E-state index is 12.5. The van der Waals surface area contributed by atoms with E-state index < -0.39 is 0 Å². The first-order valence-corrected chi connectivity index (χ1v) is 10.2. The van der Waals surface area contributed by atoms with Crippen LogP contribution in [0.25, 0.3) is 0 Å². The summed E-state index contributed by atoms with van der Waals surface area (Å²) >= 11 is 0. The zero-order valence-corrected chi connectivity index (χ0v) is 15.6. The fourth-order valence-electron chi connectivity index (χ4n) is 5.19. The Labute approximate surface area is 156 Å². The highest BCUT2D eigenvalue weighted by atomic mass is 16.1. The highest BCUT2D eigenvalue weighted by Gasteiger charge is 2.48. The molecule has 3 fully saturated rings. The highest BCUT2D eigenvalue weighted by molar-refractivity contribution is 5.80. The van der Waals surface area contributed by atoms with Crippen molar-refractivity contribution < 1.29 is 4.79 Å². The summed E-state index contributed by atoms with van der Waals surface area (Å²) in [5, 5.41) is 3.16. The zero-order chi connectivity index (χ0) is 17.9. The van der Waals surface area contributed by atoms with E-state index in [4.69, 9.17) is 5.73 Å². The minimum atomic E-state index is 0.0662. The first-order chi connectivity index (χ1) is 12.7.